The molecule has 0 radical (unpaired) electrons. The summed E-state index contributed by atoms with van der Waals surface area (Å²) in [4.78, 5) is 30.2. The molecule has 1 fully saturated rings. The molecule has 7 nitrogen and oxygen atoms in total. The van der Waals surface area contributed by atoms with Gasteiger partial charge >= 0.3 is 0 Å². The van der Waals surface area contributed by atoms with E-state index in [0.29, 0.717) is 37.6 Å². The van der Waals surface area contributed by atoms with Gasteiger partial charge in [-0.2, -0.15) is 0 Å². The normalized spacial score (nSPS) is 17.1. The number of hydrogen-bond donors (Lipinski definition) is 1. The maximum absolute atomic E-state index is 13.2. The maximum Gasteiger partial charge on any atom is 0.295 e. The first-order chi connectivity index (χ1) is 17.4. The number of rotatable bonds is 13. The summed E-state index contributed by atoms with van der Waals surface area (Å²) < 4.78 is 11.3. The monoisotopic (exact) mass is 494 g/mol. The van der Waals surface area contributed by atoms with E-state index in [1.165, 1.54) is 0 Å². The third kappa shape index (κ3) is 6.26. The summed E-state index contributed by atoms with van der Waals surface area (Å²) in [5.74, 6) is -0.0368. The first kappa shape index (κ1) is 27.3. The van der Waals surface area contributed by atoms with Crippen molar-refractivity contribution in [3.8, 4) is 11.5 Å². The molecular weight excluding hydrogens is 456 g/mol. The summed E-state index contributed by atoms with van der Waals surface area (Å²) in [6.07, 6.45) is 1.79. The Labute approximate surface area is 214 Å². The van der Waals surface area contributed by atoms with Crippen LogP contribution in [0.15, 0.2) is 54.1 Å². The Morgan fingerprint density at radius 2 is 1.39 bits per heavy atom. The van der Waals surface area contributed by atoms with E-state index in [0.717, 1.165) is 37.2 Å². The summed E-state index contributed by atoms with van der Waals surface area (Å²) in [6, 6.07) is 13.7. The molecule has 0 saturated carbocycles. The van der Waals surface area contributed by atoms with Crippen molar-refractivity contribution in [3.63, 3.8) is 0 Å². The third-order valence-electron chi connectivity index (χ3n) is 6.36. The van der Waals surface area contributed by atoms with Gasteiger partial charge in [0.2, 0.25) is 0 Å². The van der Waals surface area contributed by atoms with Crippen molar-refractivity contribution in [3.05, 3.63) is 65.2 Å². The van der Waals surface area contributed by atoms with Crippen molar-refractivity contribution in [1.29, 1.82) is 0 Å². The second-order valence-electron chi connectivity index (χ2n) is 8.81. The largest absolute Gasteiger partial charge is 0.507 e. The zero-order valence-corrected chi connectivity index (χ0v) is 21.8. The lowest BCUT2D eigenvalue weighted by molar-refractivity contribution is -0.140. The lowest BCUT2D eigenvalue weighted by Gasteiger charge is -2.28. The molecule has 2 aromatic rings. The molecule has 1 heterocycles. The van der Waals surface area contributed by atoms with E-state index >= 15 is 0 Å². The van der Waals surface area contributed by atoms with E-state index in [4.69, 9.17) is 9.47 Å². The minimum atomic E-state index is -0.684. The minimum absolute atomic E-state index is 0.101. The van der Waals surface area contributed by atoms with E-state index in [-0.39, 0.29) is 11.3 Å². The fourth-order valence-corrected chi connectivity index (χ4v) is 4.30. The highest BCUT2D eigenvalue weighted by Gasteiger charge is 2.46. The number of ketones is 1. The van der Waals surface area contributed by atoms with Crippen LogP contribution in [0.4, 0.5) is 0 Å². The first-order valence-electron chi connectivity index (χ1n) is 12.9. The Bertz CT molecular complexity index is 1040. The predicted molar refractivity (Wildman–Crippen MR) is 141 cm³/mol. The molecule has 0 unspecified atom stereocenters. The predicted octanol–water partition coefficient (Wildman–Crippen LogP) is 5.03. The highest BCUT2D eigenvalue weighted by atomic mass is 16.5. The van der Waals surface area contributed by atoms with Crippen molar-refractivity contribution in [2.24, 2.45) is 0 Å². The Morgan fingerprint density at radius 3 is 1.89 bits per heavy atom. The molecule has 2 aromatic carbocycles. The molecule has 1 atom stereocenters. The lowest BCUT2D eigenvalue weighted by atomic mass is 9.95. The van der Waals surface area contributed by atoms with Gasteiger partial charge in [-0.15, -0.1) is 0 Å². The standard InChI is InChI=1S/C29H38N2O5/c1-5-19-35-23-13-9-21(10-14-23)26-25(27(32)22-11-15-24(16-12-22)36-20-6-2)28(33)29(34)31(26)18-17-30(7-3)8-4/h9-16,26,32H,5-8,17-20H2,1-4H3/b27-25+/t26-/m0/s1. The van der Waals surface area contributed by atoms with Crippen molar-refractivity contribution in [2.75, 3.05) is 39.4 Å². The van der Waals surface area contributed by atoms with E-state index in [1.54, 1.807) is 29.2 Å². The smallest absolute Gasteiger partial charge is 0.295 e. The van der Waals surface area contributed by atoms with Gasteiger partial charge in [-0.25, -0.2) is 0 Å². The Kier molecular flexibility index (Phi) is 9.94. The number of aliphatic hydroxyl groups is 1. The SMILES string of the molecule is CCCOc1ccc(/C(O)=C2\C(=O)C(=O)N(CCN(CC)CC)[C@H]2c2ccc(OCCC)cc2)cc1. The van der Waals surface area contributed by atoms with Gasteiger partial charge in [0, 0.05) is 18.7 Å². The van der Waals surface area contributed by atoms with Gasteiger partial charge in [0.1, 0.15) is 17.3 Å². The minimum Gasteiger partial charge on any atom is -0.507 e. The van der Waals surface area contributed by atoms with E-state index in [1.807, 2.05) is 38.1 Å². The summed E-state index contributed by atoms with van der Waals surface area (Å²) in [7, 11) is 0. The van der Waals surface area contributed by atoms with E-state index in [9.17, 15) is 14.7 Å². The number of nitrogens with zero attached hydrogens (tertiary/aromatic N) is 2. The second-order valence-corrected chi connectivity index (χ2v) is 8.81. The number of amides is 1. The quantitative estimate of drug-likeness (QED) is 0.239. The summed E-state index contributed by atoms with van der Waals surface area (Å²) in [6.45, 7) is 12.1. The number of Topliss-reactive ketones (excluding diaryl/α,β-unsaturated/α-hetero) is 1. The van der Waals surface area contributed by atoms with Gasteiger partial charge < -0.3 is 24.4 Å². The molecule has 7 heteroatoms. The number of carbonyl (C=O) groups is 2. The molecule has 0 bridgehead atoms. The molecule has 1 amide bonds. The molecule has 1 N–H and O–H groups in total. The highest BCUT2D eigenvalue weighted by Crippen LogP contribution is 2.40. The van der Waals surface area contributed by atoms with Gasteiger partial charge in [0.15, 0.2) is 0 Å². The van der Waals surface area contributed by atoms with Crippen LogP contribution in [-0.4, -0.2) is 66.0 Å². The second kappa shape index (κ2) is 13.1. The van der Waals surface area contributed by atoms with Crippen LogP contribution in [0.1, 0.15) is 57.7 Å². The molecule has 1 aliphatic heterocycles. The molecule has 3 rings (SSSR count). The van der Waals surface area contributed by atoms with Crippen LogP contribution in [0.2, 0.25) is 0 Å². The summed E-state index contributed by atoms with van der Waals surface area (Å²) >= 11 is 0. The van der Waals surface area contributed by atoms with Crippen molar-refractivity contribution < 1.29 is 24.2 Å². The lowest BCUT2D eigenvalue weighted by Crippen LogP contribution is -2.38. The molecule has 1 saturated heterocycles. The number of likely N-dealkylation sites (N-methyl/N-ethyl adjacent to an activating group) is 1. The van der Waals surface area contributed by atoms with Crippen LogP contribution < -0.4 is 9.47 Å². The number of benzene rings is 2. The highest BCUT2D eigenvalue weighted by molar-refractivity contribution is 6.46. The number of ether oxygens (including phenoxy) is 2. The van der Waals surface area contributed by atoms with Gasteiger partial charge in [-0.1, -0.05) is 39.8 Å². The Balaban J connectivity index is 2.01. The van der Waals surface area contributed by atoms with Crippen LogP contribution in [0.25, 0.3) is 5.76 Å². The fraction of sp³-hybridized carbons (Fsp3) is 0.448. The number of likely N-dealkylation sites (tertiary alicyclic amines) is 1. The zero-order valence-electron chi connectivity index (χ0n) is 21.8. The summed E-state index contributed by atoms with van der Waals surface area (Å²) in [5.41, 5.74) is 1.32. The first-order valence-corrected chi connectivity index (χ1v) is 12.9. The molecule has 36 heavy (non-hydrogen) atoms. The zero-order chi connectivity index (χ0) is 26.1. The Hall–Kier alpha value is -3.32. The van der Waals surface area contributed by atoms with Crippen LogP contribution >= 0.6 is 0 Å². The van der Waals surface area contributed by atoms with Crippen molar-refractivity contribution in [1.82, 2.24) is 9.80 Å². The van der Waals surface area contributed by atoms with E-state index in [2.05, 4.69) is 18.7 Å². The van der Waals surface area contributed by atoms with Gasteiger partial charge in [0.25, 0.3) is 11.7 Å². The average molecular weight is 495 g/mol. The summed E-state index contributed by atoms with van der Waals surface area (Å²) in [5, 5.41) is 11.3. The molecule has 0 aromatic heterocycles. The van der Waals surface area contributed by atoms with Crippen LogP contribution in [0.3, 0.4) is 0 Å². The van der Waals surface area contributed by atoms with Crippen molar-refractivity contribution >= 4 is 17.4 Å². The maximum atomic E-state index is 13.2. The third-order valence-corrected chi connectivity index (χ3v) is 6.36. The Morgan fingerprint density at radius 1 is 0.861 bits per heavy atom. The number of carbonyl (C=O) groups excluding carboxylic acids is 2. The number of hydrogen-bond acceptors (Lipinski definition) is 6. The molecular formula is C29H38N2O5. The van der Waals surface area contributed by atoms with Crippen LogP contribution in [0.5, 0.6) is 11.5 Å². The molecule has 0 aliphatic carbocycles. The molecule has 1 aliphatic rings. The van der Waals surface area contributed by atoms with Gasteiger partial charge in [-0.05, 0) is 67.9 Å². The topological polar surface area (TPSA) is 79.3 Å². The van der Waals surface area contributed by atoms with Crippen molar-refractivity contribution in [2.45, 2.75) is 46.6 Å². The average Bonchev–Trinajstić information content (AvgIpc) is 3.16. The van der Waals surface area contributed by atoms with E-state index < -0.39 is 17.7 Å². The van der Waals surface area contributed by atoms with Crippen LogP contribution in [0, 0.1) is 0 Å². The molecule has 194 valence electrons. The molecule has 0 spiro atoms. The fourth-order valence-electron chi connectivity index (χ4n) is 4.30. The van der Waals surface area contributed by atoms with Gasteiger partial charge in [0.05, 0.1) is 24.8 Å². The number of aliphatic hydroxyl groups excluding tert-OH is 1. The van der Waals surface area contributed by atoms with Crippen LogP contribution in [-0.2, 0) is 9.59 Å². The van der Waals surface area contributed by atoms with Gasteiger partial charge in [-0.3, -0.25) is 9.59 Å².